The quantitative estimate of drug-likeness (QED) is 0.268. The fraction of sp³-hybridized carbons (Fsp3) is 0.125. The van der Waals surface area contributed by atoms with E-state index in [1.54, 1.807) is 0 Å². The zero-order valence-corrected chi connectivity index (χ0v) is 20.3. The van der Waals surface area contributed by atoms with Gasteiger partial charge in [0.1, 0.15) is 0 Å². The van der Waals surface area contributed by atoms with Gasteiger partial charge in [-0.2, -0.15) is 0 Å². The molecular formula is C32H30N2. The normalized spacial score (nSPS) is 12.4. The number of benzene rings is 4. The molecule has 0 saturated heterocycles. The van der Waals surface area contributed by atoms with Gasteiger partial charge in [0, 0.05) is 39.6 Å². The molecule has 5 rings (SSSR count). The summed E-state index contributed by atoms with van der Waals surface area (Å²) in [4.78, 5) is 4.24. The second-order valence-electron chi connectivity index (χ2n) is 9.21. The minimum Gasteiger partial charge on any atom is -0.378 e. The molecule has 0 bridgehead atoms. The highest BCUT2D eigenvalue weighted by atomic mass is 15.1. The zero-order valence-electron chi connectivity index (χ0n) is 20.3. The Labute approximate surface area is 202 Å². The molecule has 2 heteroatoms. The highest BCUT2D eigenvalue weighted by Gasteiger charge is 2.27. The topological polar surface area (TPSA) is 6.48 Å². The van der Waals surface area contributed by atoms with E-state index in [1.165, 1.54) is 55.5 Å². The molecule has 0 heterocycles. The van der Waals surface area contributed by atoms with Gasteiger partial charge in [-0.1, -0.05) is 72.8 Å². The van der Waals surface area contributed by atoms with Crippen LogP contribution in [0.25, 0.3) is 28.5 Å². The van der Waals surface area contributed by atoms with E-state index in [0.29, 0.717) is 0 Å². The molecule has 0 fully saturated rings. The Hall–Kier alpha value is -4.04. The van der Waals surface area contributed by atoms with Gasteiger partial charge in [-0.3, -0.25) is 0 Å². The first kappa shape index (κ1) is 21.8. The highest BCUT2D eigenvalue weighted by molar-refractivity contribution is 6.09. The van der Waals surface area contributed by atoms with Crippen LogP contribution in [0.2, 0.25) is 0 Å². The molecule has 4 aromatic carbocycles. The van der Waals surface area contributed by atoms with E-state index in [-0.39, 0.29) is 0 Å². The van der Waals surface area contributed by atoms with Crippen LogP contribution in [0.3, 0.4) is 0 Å². The van der Waals surface area contributed by atoms with Crippen molar-refractivity contribution in [3.05, 3.63) is 125 Å². The van der Waals surface area contributed by atoms with E-state index >= 15 is 0 Å². The van der Waals surface area contributed by atoms with Crippen LogP contribution < -0.4 is 9.80 Å². The van der Waals surface area contributed by atoms with Crippen molar-refractivity contribution < 1.29 is 0 Å². The zero-order chi connectivity index (χ0) is 23.7. The van der Waals surface area contributed by atoms with Gasteiger partial charge in [0.15, 0.2) is 0 Å². The van der Waals surface area contributed by atoms with Crippen molar-refractivity contribution in [3.63, 3.8) is 0 Å². The molecule has 0 unspecified atom stereocenters. The lowest BCUT2D eigenvalue weighted by atomic mass is 10.1. The fourth-order valence-electron chi connectivity index (χ4n) is 4.27. The van der Waals surface area contributed by atoms with E-state index in [0.717, 1.165) is 0 Å². The number of hydrogen-bond acceptors (Lipinski definition) is 2. The Morgan fingerprint density at radius 1 is 0.559 bits per heavy atom. The van der Waals surface area contributed by atoms with Crippen LogP contribution >= 0.6 is 0 Å². The second kappa shape index (κ2) is 9.07. The van der Waals surface area contributed by atoms with Gasteiger partial charge in [-0.25, -0.2) is 0 Å². The van der Waals surface area contributed by atoms with Crippen LogP contribution in [-0.2, 0) is 0 Å². The lowest BCUT2D eigenvalue weighted by Gasteiger charge is -2.12. The van der Waals surface area contributed by atoms with Crippen LogP contribution in [0, 0.1) is 0 Å². The first-order valence-corrected chi connectivity index (χ1v) is 11.7. The van der Waals surface area contributed by atoms with Gasteiger partial charge in [0.25, 0.3) is 0 Å². The van der Waals surface area contributed by atoms with E-state index in [4.69, 9.17) is 0 Å². The molecule has 4 aromatic rings. The van der Waals surface area contributed by atoms with Crippen LogP contribution in [0.4, 0.5) is 11.4 Å². The standard InChI is InChI=1S/C32H30N2/c1-33(2)28-17-11-23(12-18-28)9-15-25(16-10-24-13-19-29(20-14-24)34(3)4)32-30-21-26-7-5-6-8-27(26)22-31(30)32/h5-22H,1-4H3/b15-9+,16-10+. The largest absolute Gasteiger partial charge is 0.378 e. The third-order valence-electron chi connectivity index (χ3n) is 6.38. The Morgan fingerprint density at radius 3 is 1.35 bits per heavy atom. The Balaban J connectivity index is 1.50. The summed E-state index contributed by atoms with van der Waals surface area (Å²) in [5.41, 5.74) is 10.1. The second-order valence-corrected chi connectivity index (χ2v) is 9.21. The van der Waals surface area contributed by atoms with Gasteiger partial charge in [-0.15, -0.1) is 0 Å². The summed E-state index contributed by atoms with van der Waals surface area (Å²) in [6.07, 6.45) is 8.91. The van der Waals surface area contributed by atoms with Crippen molar-refractivity contribution in [2.75, 3.05) is 38.0 Å². The van der Waals surface area contributed by atoms with E-state index in [1.807, 2.05) is 0 Å². The maximum Gasteiger partial charge on any atom is 0.0361 e. The highest BCUT2D eigenvalue weighted by Crippen LogP contribution is 2.47. The number of fused-ring (bicyclic) bond motifs is 2. The molecule has 0 N–H and O–H groups in total. The summed E-state index contributed by atoms with van der Waals surface area (Å²) in [5, 5.41) is 2.59. The maximum atomic E-state index is 2.32. The smallest absolute Gasteiger partial charge is 0.0361 e. The molecule has 168 valence electrons. The fourth-order valence-corrected chi connectivity index (χ4v) is 4.27. The van der Waals surface area contributed by atoms with Crippen molar-refractivity contribution in [2.45, 2.75) is 0 Å². The molecule has 2 nitrogen and oxygen atoms in total. The first-order valence-electron chi connectivity index (χ1n) is 11.7. The summed E-state index contributed by atoms with van der Waals surface area (Å²) in [5.74, 6) is 0. The predicted molar refractivity (Wildman–Crippen MR) is 150 cm³/mol. The van der Waals surface area contributed by atoms with Crippen LogP contribution in [-0.4, -0.2) is 28.2 Å². The van der Waals surface area contributed by atoms with E-state index in [9.17, 15) is 0 Å². The van der Waals surface area contributed by atoms with Crippen molar-refractivity contribution in [3.8, 4) is 0 Å². The summed E-state index contributed by atoms with van der Waals surface area (Å²) in [6.45, 7) is 0. The number of nitrogens with zero attached hydrogens (tertiary/aromatic N) is 2. The van der Waals surface area contributed by atoms with Gasteiger partial charge in [0.2, 0.25) is 0 Å². The van der Waals surface area contributed by atoms with Crippen LogP contribution in [0.1, 0.15) is 22.3 Å². The van der Waals surface area contributed by atoms with E-state index < -0.39 is 0 Å². The molecule has 34 heavy (non-hydrogen) atoms. The number of rotatable bonds is 6. The number of allylic oxidation sites excluding steroid dienone is 3. The molecule has 0 spiro atoms. The van der Waals surface area contributed by atoms with Gasteiger partial charge in [-0.05, 0) is 80.6 Å². The third kappa shape index (κ3) is 4.53. The van der Waals surface area contributed by atoms with Crippen molar-refractivity contribution in [1.82, 2.24) is 0 Å². The molecule has 0 aliphatic heterocycles. The predicted octanol–water partition coefficient (Wildman–Crippen LogP) is 7.51. The van der Waals surface area contributed by atoms with Gasteiger partial charge >= 0.3 is 0 Å². The number of hydrogen-bond donors (Lipinski definition) is 0. The molecule has 0 radical (unpaired) electrons. The summed E-state index contributed by atoms with van der Waals surface area (Å²) in [7, 11) is 8.27. The third-order valence-corrected chi connectivity index (χ3v) is 6.38. The molecule has 0 atom stereocenters. The summed E-state index contributed by atoms with van der Waals surface area (Å²) in [6, 6.07) is 30.6. The van der Waals surface area contributed by atoms with Crippen LogP contribution in [0.5, 0.6) is 0 Å². The summed E-state index contributed by atoms with van der Waals surface area (Å²) < 4.78 is 0. The Kier molecular flexibility index (Phi) is 5.81. The maximum absolute atomic E-state index is 2.32. The van der Waals surface area contributed by atoms with Gasteiger partial charge in [0.05, 0.1) is 0 Å². The molecule has 0 amide bonds. The lowest BCUT2D eigenvalue weighted by molar-refractivity contribution is 1.13. The monoisotopic (exact) mass is 442 g/mol. The Bertz CT molecular complexity index is 1310. The van der Waals surface area contributed by atoms with Gasteiger partial charge < -0.3 is 9.80 Å². The molecular weight excluding hydrogens is 412 g/mol. The average molecular weight is 443 g/mol. The molecule has 1 aliphatic carbocycles. The molecule has 0 aromatic heterocycles. The average Bonchev–Trinajstić information content (AvgIpc) is 3.55. The van der Waals surface area contributed by atoms with E-state index in [2.05, 4.69) is 147 Å². The lowest BCUT2D eigenvalue weighted by Crippen LogP contribution is -2.07. The number of anilines is 2. The minimum absolute atomic E-state index is 1.20. The molecule has 0 saturated carbocycles. The van der Waals surface area contributed by atoms with Crippen molar-refractivity contribution in [2.24, 2.45) is 0 Å². The SMILES string of the molecule is CN(C)c1ccc(/C=C/C(/C=C/c2ccc(N(C)C)cc2)=C2c3cc4ccccc4cc32)cc1. The van der Waals surface area contributed by atoms with Crippen molar-refractivity contribution >= 4 is 39.9 Å². The molecule has 1 aliphatic rings. The Morgan fingerprint density at radius 2 is 0.971 bits per heavy atom. The first-order chi connectivity index (χ1) is 16.5. The van der Waals surface area contributed by atoms with Crippen molar-refractivity contribution in [1.29, 1.82) is 0 Å². The van der Waals surface area contributed by atoms with Crippen LogP contribution in [0.15, 0.2) is 103 Å². The minimum atomic E-state index is 1.20. The summed E-state index contributed by atoms with van der Waals surface area (Å²) >= 11 is 0.